The Bertz CT molecular complexity index is 3000. The van der Waals surface area contributed by atoms with Gasteiger partial charge in [-0.2, -0.15) is 0 Å². The average molecular weight is 673 g/mol. The molecular weight excluding hydrogens is 641 g/mol. The minimum absolute atomic E-state index is 0.0632. The minimum atomic E-state index is -0.127. The van der Waals surface area contributed by atoms with Crippen LogP contribution in [0.25, 0.3) is 80.6 Å². The first kappa shape index (κ1) is 28.7. The Balaban J connectivity index is 1.02. The van der Waals surface area contributed by atoms with Gasteiger partial charge in [-0.3, -0.25) is 5.32 Å². The lowest BCUT2D eigenvalue weighted by Gasteiger charge is -2.31. The van der Waals surface area contributed by atoms with Gasteiger partial charge in [-0.25, -0.2) is 0 Å². The van der Waals surface area contributed by atoms with E-state index in [0.29, 0.717) is 0 Å². The van der Waals surface area contributed by atoms with Crippen LogP contribution in [0.3, 0.4) is 0 Å². The molecule has 5 heteroatoms. The highest BCUT2D eigenvalue weighted by Gasteiger charge is 2.25. The highest BCUT2D eigenvalue weighted by atomic mass is 32.1. The quantitative estimate of drug-likeness (QED) is 0.195. The van der Waals surface area contributed by atoms with Crippen LogP contribution in [0.15, 0.2) is 170 Å². The van der Waals surface area contributed by atoms with Crippen molar-refractivity contribution in [2.24, 2.45) is 0 Å². The normalized spacial score (nSPS) is 16.2. The van der Waals surface area contributed by atoms with Gasteiger partial charge in [-0.1, -0.05) is 103 Å². The summed E-state index contributed by atoms with van der Waals surface area (Å²) in [5, 5.41) is 15.3. The molecular formula is C46H32N4S. The van der Waals surface area contributed by atoms with E-state index in [1.165, 1.54) is 86.2 Å². The van der Waals surface area contributed by atoms with Gasteiger partial charge in [0.25, 0.3) is 0 Å². The molecule has 2 atom stereocenters. The van der Waals surface area contributed by atoms with Crippen LogP contribution in [0.4, 0.5) is 0 Å². The number of fused-ring (bicyclic) bond motifs is 9. The average Bonchev–Trinajstić information content (AvgIpc) is 3.85. The van der Waals surface area contributed by atoms with Gasteiger partial charge in [-0.05, 0) is 83.6 Å². The molecule has 0 amide bonds. The third kappa shape index (κ3) is 4.35. The number of para-hydroxylation sites is 3. The van der Waals surface area contributed by atoms with Crippen LogP contribution in [0.5, 0.6) is 0 Å². The Hall–Kier alpha value is -6.14. The number of benzene rings is 7. The molecule has 0 radical (unpaired) electrons. The standard InChI is InChI=1S/C46H32N4S/c1-2-11-31(12-3-1)49-40-18-7-4-13-32(40)37-27-29(21-23-42(37)49)30-22-24-43-38(28-30)33-14-5-8-19-41(33)50(43)46-47-26-25-39(48-46)36-17-10-16-35-34-15-6-9-20-44(34)51-45(35)36/h1-28,39,46-48H. The molecule has 1 aliphatic rings. The first-order chi connectivity index (χ1) is 25.3. The third-order valence-electron chi connectivity index (χ3n) is 10.6. The van der Waals surface area contributed by atoms with Crippen molar-refractivity contribution in [1.29, 1.82) is 0 Å². The molecule has 0 aliphatic carbocycles. The fourth-order valence-electron chi connectivity index (χ4n) is 8.34. The summed E-state index contributed by atoms with van der Waals surface area (Å²) in [7, 11) is 0. The van der Waals surface area contributed by atoms with Gasteiger partial charge in [0.15, 0.2) is 6.29 Å². The van der Waals surface area contributed by atoms with Crippen molar-refractivity contribution in [2.75, 3.05) is 0 Å². The Morgan fingerprint density at radius 1 is 0.490 bits per heavy atom. The van der Waals surface area contributed by atoms with Crippen LogP contribution < -0.4 is 10.6 Å². The van der Waals surface area contributed by atoms with Crippen LogP contribution in [-0.4, -0.2) is 9.13 Å². The molecule has 0 saturated heterocycles. The highest BCUT2D eigenvalue weighted by molar-refractivity contribution is 7.26. The van der Waals surface area contributed by atoms with Crippen molar-refractivity contribution in [2.45, 2.75) is 12.3 Å². The highest BCUT2D eigenvalue weighted by Crippen LogP contribution is 2.41. The summed E-state index contributed by atoms with van der Waals surface area (Å²) in [6.45, 7) is 0. The first-order valence-electron chi connectivity index (χ1n) is 17.5. The fraction of sp³-hybridized carbons (Fsp3) is 0.0435. The lowest BCUT2D eigenvalue weighted by Crippen LogP contribution is -2.40. The van der Waals surface area contributed by atoms with Gasteiger partial charge in [0.05, 0.1) is 28.1 Å². The molecule has 7 aromatic carbocycles. The zero-order valence-electron chi connectivity index (χ0n) is 27.6. The predicted molar refractivity (Wildman–Crippen MR) is 216 cm³/mol. The van der Waals surface area contributed by atoms with E-state index in [0.717, 1.165) is 0 Å². The molecule has 3 aromatic heterocycles. The molecule has 0 fully saturated rings. The molecule has 0 spiro atoms. The van der Waals surface area contributed by atoms with E-state index in [4.69, 9.17) is 0 Å². The number of hydrogen-bond donors (Lipinski definition) is 2. The van der Waals surface area contributed by atoms with Crippen molar-refractivity contribution >= 4 is 75.1 Å². The summed E-state index contributed by atoms with van der Waals surface area (Å²) in [5.74, 6) is 0. The molecule has 0 saturated carbocycles. The zero-order valence-corrected chi connectivity index (χ0v) is 28.4. The van der Waals surface area contributed by atoms with Crippen LogP contribution >= 0.6 is 11.3 Å². The first-order valence-corrected chi connectivity index (χ1v) is 18.3. The van der Waals surface area contributed by atoms with E-state index >= 15 is 0 Å². The molecule has 11 rings (SSSR count). The Labute approximate surface area is 298 Å². The van der Waals surface area contributed by atoms with Crippen LogP contribution in [0.1, 0.15) is 17.9 Å². The summed E-state index contributed by atoms with van der Waals surface area (Å²) >= 11 is 1.88. The molecule has 1 aliphatic heterocycles. The second kappa shape index (κ2) is 11.2. The van der Waals surface area contributed by atoms with E-state index in [-0.39, 0.29) is 12.3 Å². The van der Waals surface area contributed by atoms with Gasteiger partial charge in [-0.15, -0.1) is 11.3 Å². The van der Waals surface area contributed by atoms with Crippen molar-refractivity contribution in [1.82, 2.24) is 19.8 Å². The number of rotatable bonds is 4. The molecule has 0 bridgehead atoms. The smallest absolute Gasteiger partial charge is 0.160 e. The maximum atomic E-state index is 3.96. The van der Waals surface area contributed by atoms with E-state index in [2.05, 4.69) is 190 Å². The number of aromatic nitrogens is 2. The summed E-state index contributed by atoms with van der Waals surface area (Å²) in [6, 6.07) is 57.6. The monoisotopic (exact) mass is 672 g/mol. The fourth-order valence-corrected chi connectivity index (χ4v) is 9.60. The van der Waals surface area contributed by atoms with Gasteiger partial charge < -0.3 is 14.5 Å². The minimum Gasteiger partial charge on any atom is -0.359 e. The summed E-state index contributed by atoms with van der Waals surface area (Å²) < 4.78 is 7.47. The van der Waals surface area contributed by atoms with Crippen molar-refractivity contribution in [3.8, 4) is 16.8 Å². The Kier molecular flexibility index (Phi) is 6.29. The molecule has 51 heavy (non-hydrogen) atoms. The Morgan fingerprint density at radius 2 is 1.10 bits per heavy atom. The van der Waals surface area contributed by atoms with E-state index < -0.39 is 0 Å². The number of nitrogens with zero attached hydrogens (tertiary/aromatic N) is 2. The molecule has 2 unspecified atom stereocenters. The molecule has 242 valence electrons. The second-order valence-corrected chi connectivity index (χ2v) is 14.5. The van der Waals surface area contributed by atoms with E-state index in [1.807, 2.05) is 11.3 Å². The molecule has 4 nitrogen and oxygen atoms in total. The van der Waals surface area contributed by atoms with Crippen LogP contribution in [0.2, 0.25) is 0 Å². The third-order valence-corrected chi connectivity index (χ3v) is 11.9. The van der Waals surface area contributed by atoms with Gasteiger partial charge in [0, 0.05) is 47.4 Å². The topological polar surface area (TPSA) is 33.9 Å². The lowest BCUT2D eigenvalue weighted by molar-refractivity contribution is 0.343. The van der Waals surface area contributed by atoms with Crippen molar-refractivity contribution in [3.63, 3.8) is 0 Å². The lowest BCUT2D eigenvalue weighted by atomic mass is 10.0. The molecule has 10 aromatic rings. The summed E-state index contributed by atoms with van der Waals surface area (Å²) in [5.41, 5.74) is 9.74. The second-order valence-electron chi connectivity index (χ2n) is 13.4. The summed E-state index contributed by atoms with van der Waals surface area (Å²) in [6.07, 6.45) is 4.24. The Morgan fingerprint density at radius 3 is 1.92 bits per heavy atom. The van der Waals surface area contributed by atoms with Gasteiger partial charge in [0.1, 0.15) is 0 Å². The van der Waals surface area contributed by atoms with Gasteiger partial charge in [0.2, 0.25) is 0 Å². The van der Waals surface area contributed by atoms with Crippen molar-refractivity contribution < 1.29 is 0 Å². The predicted octanol–water partition coefficient (Wildman–Crippen LogP) is 11.8. The summed E-state index contributed by atoms with van der Waals surface area (Å²) in [4.78, 5) is 0. The number of hydrogen-bond acceptors (Lipinski definition) is 3. The largest absolute Gasteiger partial charge is 0.359 e. The van der Waals surface area contributed by atoms with Gasteiger partial charge >= 0.3 is 0 Å². The maximum absolute atomic E-state index is 3.96. The zero-order chi connectivity index (χ0) is 33.5. The molecule has 4 heterocycles. The number of thiophene rings is 1. The van der Waals surface area contributed by atoms with Crippen LogP contribution in [-0.2, 0) is 0 Å². The maximum Gasteiger partial charge on any atom is 0.160 e. The van der Waals surface area contributed by atoms with E-state index in [9.17, 15) is 0 Å². The van der Waals surface area contributed by atoms with Crippen molar-refractivity contribution in [3.05, 3.63) is 176 Å². The van der Waals surface area contributed by atoms with Crippen LogP contribution in [0, 0.1) is 0 Å². The number of nitrogens with one attached hydrogen (secondary N) is 2. The SMILES string of the molecule is C1=CC(c2cccc3c2sc2ccccc23)NC(n2c3ccccc3c3cc(-c4ccc5c(c4)c4ccccc4n5-c4ccccc4)ccc32)N1. The van der Waals surface area contributed by atoms with E-state index in [1.54, 1.807) is 0 Å². The molecule has 2 N–H and O–H groups in total.